The standard InChI is InChI=1S/C14H22N4OS/c1-3-5-16-14(19)13-11(15)7-12(20-13)17-8-10-4-6-18(2)9-10/h3,7,10,17H,1,4-6,8-9,15H2,2H3,(H,16,19). The van der Waals surface area contributed by atoms with Crippen molar-refractivity contribution in [3.8, 4) is 0 Å². The Morgan fingerprint density at radius 1 is 1.70 bits per heavy atom. The maximum absolute atomic E-state index is 11.9. The van der Waals surface area contributed by atoms with Crippen LogP contribution in [-0.2, 0) is 0 Å². The van der Waals surface area contributed by atoms with E-state index in [-0.39, 0.29) is 5.91 Å². The number of carbonyl (C=O) groups is 1. The molecule has 1 saturated heterocycles. The highest BCUT2D eigenvalue weighted by molar-refractivity contribution is 7.18. The van der Waals surface area contributed by atoms with E-state index in [9.17, 15) is 4.79 Å². The van der Waals surface area contributed by atoms with Gasteiger partial charge < -0.3 is 21.3 Å². The maximum atomic E-state index is 11.9. The number of carbonyl (C=O) groups excluding carboxylic acids is 1. The summed E-state index contributed by atoms with van der Waals surface area (Å²) in [6.45, 7) is 7.24. The lowest BCUT2D eigenvalue weighted by Crippen LogP contribution is -2.22. The quantitative estimate of drug-likeness (QED) is 0.697. The number of nitrogens with two attached hydrogens (primary N) is 1. The van der Waals surface area contributed by atoms with Gasteiger partial charge in [0.1, 0.15) is 4.88 Å². The first-order valence-electron chi connectivity index (χ1n) is 6.81. The molecule has 6 heteroatoms. The van der Waals surface area contributed by atoms with Crippen molar-refractivity contribution >= 4 is 27.9 Å². The number of hydrogen-bond acceptors (Lipinski definition) is 5. The van der Waals surface area contributed by atoms with Crippen LogP contribution in [0.2, 0.25) is 0 Å². The van der Waals surface area contributed by atoms with Crippen LogP contribution < -0.4 is 16.4 Å². The topological polar surface area (TPSA) is 70.4 Å². The number of amides is 1. The van der Waals surface area contributed by atoms with E-state index >= 15 is 0 Å². The Kier molecular flexibility index (Phi) is 5.03. The monoisotopic (exact) mass is 294 g/mol. The summed E-state index contributed by atoms with van der Waals surface area (Å²) < 4.78 is 0. The molecule has 0 saturated carbocycles. The molecule has 2 heterocycles. The van der Waals surface area contributed by atoms with Gasteiger partial charge in [0.2, 0.25) is 0 Å². The van der Waals surface area contributed by atoms with Crippen molar-refractivity contribution in [3.05, 3.63) is 23.6 Å². The van der Waals surface area contributed by atoms with Crippen LogP contribution in [0.3, 0.4) is 0 Å². The molecule has 1 unspecified atom stereocenters. The third-order valence-electron chi connectivity index (χ3n) is 3.43. The molecule has 2 rings (SSSR count). The Morgan fingerprint density at radius 2 is 2.50 bits per heavy atom. The Bertz CT molecular complexity index is 486. The molecule has 1 fully saturated rings. The summed E-state index contributed by atoms with van der Waals surface area (Å²) in [5, 5.41) is 7.09. The van der Waals surface area contributed by atoms with Crippen molar-refractivity contribution in [2.45, 2.75) is 6.42 Å². The zero-order valence-corrected chi connectivity index (χ0v) is 12.6. The zero-order valence-electron chi connectivity index (χ0n) is 11.8. The van der Waals surface area contributed by atoms with Crippen LogP contribution in [0.15, 0.2) is 18.7 Å². The molecule has 1 aliphatic heterocycles. The van der Waals surface area contributed by atoms with Gasteiger partial charge in [-0.05, 0) is 32.0 Å². The lowest BCUT2D eigenvalue weighted by atomic mass is 10.1. The Morgan fingerprint density at radius 3 is 3.15 bits per heavy atom. The Labute approximate surface area is 123 Å². The molecule has 5 nitrogen and oxygen atoms in total. The number of nitrogens with one attached hydrogen (secondary N) is 2. The van der Waals surface area contributed by atoms with Crippen LogP contribution in [0.5, 0.6) is 0 Å². The van der Waals surface area contributed by atoms with Crippen LogP contribution >= 0.6 is 11.3 Å². The van der Waals surface area contributed by atoms with Gasteiger partial charge >= 0.3 is 0 Å². The first-order chi connectivity index (χ1) is 9.60. The molecule has 0 radical (unpaired) electrons. The molecule has 0 bridgehead atoms. The van der Waals surface area contributed by atoms with Crippen molar-refractivity contribution in [1.29, 1.82) is 0 Å². The summed E-state index contributed by atoms with van der Waals surface area (Å²) in [6, 6.07) is 1.84. The Balaban J connectivity index is 1.89. The fourth-order valence-corrected chi connectivity index (χ4v) is 3.26. The van der Waals surface area contributed by atoms with E-state index in [1.54, 1.807) is 6.08 Å². The van der Waals surface area contributed by atoms with E-state index in [4.69, 9.17) is 5.73 Å². The largest absolute Gasteiger partial charge is 0.397 e. The van der Waals surface area contributed by atoms with Gasteiger partial charge in [-0.1, -0.05) is 6.08 Å². The molecule has 1 aromatic heterocycles. The molecule has 110 valence electrons. The van der Waals surface area contributed by atoms with Gasteiger partial charge in [0.05, 0.1) is 10.7 Å². The molecule has 0 spiro atoms. The summed E-state index contributed by atoms with van der Waals surface area (Å²) in [6.07, 6.45) is 2.87. The highest BCUT2D eigenvalue weighted by Gasteiger charge is 2.20. The molecule has 4 N–H and O–H groups in total. The highest BCUT2D eigenvalue weighted by Crippen LogP contribution is 2.29. The summed E-state index contributed by atoms with van der Waals surface area (Å²) in [4.78, 5) is 14.8. The number of anilines is 2. The molecule has 1 atom stereocenters. The fourth-order valence-electron chi connectivity index (χ4n) is 2.35. The third kappa shape index (κ3) is 3.74. The molecular formula is C14H22N4OS. The van der Waals surface area contributed by atoms with Gasteiger partial charge in [0.15, 0.2) is 0 Å². The average molecular weight is 294 g/mol. The fraction of sp³-hybridized carbons (Fsp3) is 0.500. The summed E-state index contributed by atoms with van der Waals surface area (Å²) in [5.41, 5.74) is 6.43. The molecule has 1 aromatic rings. The number of rotatable bonds is 6. The minimum absolute atomic E-state index is 0.138. The minimum Gasteiger partial charge on any atom is -0.397 e. The average Bonchev–Trinajstić information content (AvgIpc) is 2.99. The van der Waals surface area contributed by atoms with Crippen LogP contribution in [0, 0.1) is 5.92 Å². The lowest BCUT2D eigenvalue weighted by molar-refractivity contribution is 0.0963. The first kappa shape index (κ1) is 14.9. The normalized spacial score (nSPS) is 18.9. The number of nitrogen functional groups attached to an aromatic ring is 1. The van der Waals surface area contributed by atoms with Gasteiger partial charge in [0.25, 0.3) is 5.91 Å². The molecule has 1 aliphatic rings. The predicted octanol–water partition coefficient (Wildman–Crippen LogP) is 1.61. The molecule has 20 heavy (non-hydrogen) atoms. The van der Waals surface area contributed by atoms with Gasteiger partial charge in [-0.25, -0.2) is 0 Å². The van der Waals surface area contributed by atoms with Crippen LogP contribution in [-0.4, -0.2) is 44.0 Å². The number of likely N-dealkylation sites (tertiary alicyclic amines) is 1. The second-order valence-corrected chi connectivity index (χ2v) is 6.24. The summed E-state index contributed by atoms with van der Waals surface area (Å²) in [7, 11) is 2.14. The van der Waals surface area contributed by atoms with Crippen molar-refractivity contribution < 1.29 is 4.79 Å². The smallest absolute Gasteiger partial charge is 0.263 e. The van der Waals surface area contributed by atoms with Gasteiger partial charge in [0, 0.05) is 19.6 Å². The summed E-state index contributed by atoms with van der Waals surface area (Å²) in [5.74, 6) is 0.530. The third-order valence-corrected chi connectivity index (χ3v) is 4.54. The van der Waals surface area contributed by atoms with Crippen molar-refractivity contribution in [2.75, 3.05) is 44.3 Å². The second kappa shape index (κ2) is 6.76. The Hall–Kier alpha value is -1.53. The van der Waals surface area contributed by atoms with Gasteiger partial charge in [-0.15, -0.1) is 17.9 Å². The number of hydrogen-bond donors (Lipinski definition) is 3. The van der Waals surface area contributed by atoms with E-state index in [0.717, 1.165) is 24.6 Å². The van der Waals surface area contributed by atoms with Crippen LogP contribution in [0.4, 0.5) is 10.7 Å². The van der Waals surface area contributed by atoms with Crippen molar-refractivity contribution in [2.24, 2.45) is 5.92 Å². The summed E-state index contributed by atoms with van der Waals surface area (Å²) >= 11 is 1.41. The van der Waals surface area contributed by atoms with Crippen molar-refractivity contribution in [1.82, 2.24) is 10.2 Å². The van der Waals surface area contributed by atoms with Gasteiger partial charge in [-0.2, -0.15) is 0 Å². The maximum Gasteiger partial charge on any atom is 0.263 e. The molecular weight excluding hydrogens is 272 g/mol. The second-order valence-electron chi connectivity index (χ2n) is 5.19. The van der Waals surface area contributed by atoms with E-state index in [1.807, 2.05) is 6.07 Å². The minimum atomic E-state index is -0.138. The zero-order chi connectivity index (χ0) is 14.5. The number of nitrogens with zero attached hydrogens (tertiary/aromatic N) is 1. The SMILES string of the molecule is C=CCNC(=O)c1sc(NCC2CCN(C)C2)cc1N. The number of thiophene rings is 1. The van der Waals surface area contributed by atoms with E-state index < -0.39 is 0 Å². The predicted molar refractivity (Wildman–Crippen MR) is 85.4 cm³/mol. The molecule has 0 aliphatic carbocycles. The highest BCUT2D eigenvalue weighted by atomic mass is 32.1. The van der Waals surface area contributed by atoms with Crippen LogP contribution in [0.1, 0.15) is 16.1 Å². The van der Waals surface area contributed by atoms with Crippen molar-refractivity contribution in [3.63, 3.8) is 0 Å². The van der Waals surface area contributed by atoms with Gasteiger partial charge in [-0.3, -0.25) is 4.79 Å². The van der Waals surface area contributed by atoms with Crippen LogP contribution in [0.25, 0.3) is 0 Å². The van der Waals surface area contributed by atoms with E-state index in [1.165, 1.54) is 17.8 Å². The first-order valence-corrected chi connectivity index (χ1v) is 7.62. The lowest BCUT2D eigenvalue weighted by Gasteiger charge is -2.11. The molecule has 0 aromatic carbocycles. The molecule has 1 amide bonds. The van der Waals surface area contributed by atoms with E-state index in [2.05, 4.69) is 29.2 Å². The van der Waals surface area contributed by atoms with E-state index in [0.29, 0.717) is 23.0 Å².